The fraction of sp³-hybridized carbons (Fsp3) is 0.625. The van der Waals surface area contributed by atoms with E-state index >= 15 is 0 Å². The number of carbonyl (C=O) groups excluding carboxylic acids is 1. The predicted octanol–water partition coefficient (Wildman–Crippen LogP) is 2.28. The summed E-state index contributed by atoms with van der Waals surface area (Å²) in [5.74, 6) is -0.689. The van der Waals surface area contributed by atoms with Crippen molar-refractivity contribution in [3.05, 3.63) is 29.8 Å². The molecule has 2 heterocycles. The van der Waals surface area contributed by atoms with Gasteiger partial charge in [-0.05, 0) is 44.9 Å². The first-order valence-corrected chi connectivity index (χ1v) is 7.48. The second kappa shape index (κ2) is 6.62. The van der Waals surface area contributed by atoms with Crippen LogP contribution in [0.1, 0.15) is 43.6 Å². The summed E-state index contributed by atoms with van der Waals surface area (Å²) < 4.78 is 12.8. The van der Waals surface area contributed by atoms with Crippen LogP contribution in [-0.2, 0) is 0 Å². The molecule has 5 heteroatoms. The molecule has 21 heavy (non-hydrogen) atoms. The summed E-state index contributed by atoms with van der Waals surface area (Å²) in [7, 11) is 0. The van der Waals surface area contributed by atoms with E-state index < -0.39 is 11.4 Å². The van der Waals surface area contributed by atoms with Crippen molar-refractivity contribution in [1.82, 2.24) is 9.88 Å². The van der Waals surface area contributed by atoms with Crippen molar-refractivity contribution in [2.45, 2.75) is 38.7 Å². The number of likely N-dealkylation sites (tertiary alicyclic amines) is 1. The number of pyridine rings is 1. The van der Waals surface area contributed by atoms with Crippen LogP contribution in [0, 0.1) is 11.7 Å². The predicted molar refractivity (Wildman–Crippen MR) is 78.6 cm³/mol. The van der Waals surface area contributed by atoms with E-state index in [2.05, 4.69) is 9.88 Å². The number of aromatic nitrogens is 1. The van der Waals surface area contributed by atoms with E-state index in [0.717, 1.165) is 38.5 Å². The lowest BCUT2D eigenvalue weighted by Crippen LogP contribution is -2.34. The van der Waals surface area contributed by atoms with Gasteiger partial charge in [0.05, 0.1) is 11.8 Å². The topological polar surface area (TPSA) is 53.4 Å². The highest BCUT2D eigenvalue weighted by atomic mass is 19.1. The first kappa shape index (κ1) is 16.0. The molecule has 4 nitrogen and oxygen atoms in total. The molecule has 0 amide bonds. The second-order valence-electron chi connectivity index (χ2n) is 6.28. The molecule has 2 atom stereocenters. The molecule has 1 aliphatic rings. The monoisotopic (exact) mass is 294 g/mol. The lowest BCUT2D eigenvalue weighted by Gasteiger charge is -2.24. The highest BCUT2D eigenvalue weighted by Crippen LogP contribution is 2.22. The molecular weight excluding hydrogens is 271 g/mol. The maximum atomic E-state index is 12.8. The Bertz CT molecular complexity index is 488. The summed E-state index contributed by atoms with van der Waals surface area (Å²) >= 11 is 0. The average Bonchev–Trinajstić information content (AvgIpc) is 2.60. The van der Waals surface area contributed by atoms with E-state index in [4.69, 9.17) is 0 Å². The van der Waals surface area contributed by atoms with Gasteiger partial charge < -0.3 is 10.0 Å². The van der Waals surface area contributed by atoms with E-state index in [0.29, 0.717) is 12.2 Å². The van der Waals surface area contributed by atoms with Crippen molar-refractivity contribution < 1.29 is 14.3 Å². The molecule has 1 saturated heterocycles. The molecular formula is C16H23FN2O2. The van der Waals surface area contributed by atoms with E-state index in [1.54, 1.807) is 0 Å². The van der Waals surface area contributed by atoms with Crippen molar-refractivity contribution in [2.24, 2.45) is 5.92 Å². The molecule has 1 aliphatic heterocycles. The third kappa shape index (κ3) is 4.58. The Morgan fingerprint density at radius 3 is 2.90 bits per heavy atom. The van der Waals surface area contributed by atoms with Gasteiger partial charge in [0.2, 0.25) is 0 Å². The van der Waals surface area contributed by atoms with Crippen LogP contribution in [0.3, 0.4) is 0 Å². The summed E-state index contributed by atoms with van der Waals surface area (Å²) in [5.41, 5.74) is -0.286. The molecule has 2 unspecified atom stereocenters. The van der Waals surface area contributed by atoms with Crippen molar-refractivity contribution >= 4 is 5.78 Å². The fourth-order valence-corrected chi connectivity index (χ4v) is 2.75. The lowest BCUT2D eigenvalue weighted by atomic mass is 9.98. The number of nitrogens with zero attached hydrogens (tertiary/aromatic N) is 2. The van der Waals surface area contributed by atoms with Gasteiger partial charge in [-0.15, -0.1) is 0 Å². The number of aliphatic hydroxyl groups is 1. The first-order valence-electron chi connectivity index (χ1n) is 7.48. The minimum Gasteiger partial charge on any atom is -0.390 e. The van der Waals surface area contributed by atoms with Gasteiger partial charge in [-0.2, -0.15) is 0 Å². The van der Waals surface area contributed by atoms with Crippen LogP contribution < -0.4 is 0 Å². The van der Waals surface area contributed by atoms with E-state index in [9.17, 15) is 14.3 Å². The quantitative estimate of drug-likeness (QED) is 0.866. The average molecular weight is 294 g/mol. The molecule has 0 aliphatic carbocycles. The number of halogens is 1. The number of ketones is 1. The smallest absolute Gasteiger partial charge is 0.185 e. The van der Waals surface area contributed by atoms with E-state index in [1.165, 1.54) is 12.1 Å². The summed E-state index contributed by atoms with van der Waals surface area (Å²) in [4.78, 5) is 18.3. The summed E-state index contributed by atoms with van der Waals surface area (Å²) in [5, 5.41) is 10.1. The molecule has 1 N–H and O–H groups in total. The molecule has 1 fully saturated rings. The maximum absolute atomic E-state index is 12.8. The van der Waals surface area contributed by atoms with Gasteiger partial charge in [0, 0.05) is 19.0 Å². The van der Waals surface area contributed by atoms with Crippen molar-refractivity contribution in [3.63, 3.8) is 0 Å². The Balaban J connectivity index is 1.93. The normalized spacial score (nSPS) is 25.3. The number of rotatable bonds is 4. The molecule has 0 spiro atoms. The number of carbonyl (C=O) groups is 1. The molecule has 0 aromatic carbocycles. The zero-order chi connectivity index (χ0) is 15.5. The van der Waals surface area contributed by atoms with Gasteiger partial charge >= 0.3 is 0 Å². The van der Waals surface area contributed by atoms with Crippen molar-refractivity contribution in [1.29, 1.82) is 0 Å². The molecule has 0 saturated carbocycles. The van der Waals surface area contributed by atoms with Crippen molar-refractivity contribution in [3.8, 4) is 0 Å². The Labute approximate surface area is 125 Å². The fourth-order valence-electron chi connectivity index (χ4n) is 2.75. The molecule has 0 bridgehead atoms. The van der Waals surface area contributed by atoms with Crippen LogP contribution in [0.25, 0.3) is 0 Å². The summed E-state index contributed by atoms with van der Waals surface area (Å²) in [6, 6.07) is 2.69. The van der Waals surface area contributed by atoms with Gasteiger partial charge in [0.25, 0.3) is 0 Å². The van der Waals surface area contributed by atoms with Gasteiger partial charge in [0.1, 0.15) is 11.5 Å². The Kier molecular flexibility index (Phi) is 5.06. The van der Waals surface area contributed by atoms with Crippen LogP contribution in [0.5, 0.6) is 0 Å². The third-order valence-corrected chi connectivity index (χ3v) is 4.12. The molecule has 0 radical (unpaired) electrons. The van der Waals surface area contributed by atoms with Crippen LogP contribution >= 0.6 is 0 Å². The van der Waals surface area contributed by atoms with Crippen LogP contribution in [-0.4, -0.2) is 46.0 Å². The largest absolute Gasteiger partial charge is 0.390 e. The van der Waals surface area contributed by atoms with E-state index in [1.807, 2.05) is 13.8 Å². The second-order valence-corrected chi connectivity index (χ2v) is 6.28. The maximum Gasteiger partial charge on any atom is 0.185 e. The van der Waals surface area contributed by atoms with Crippen LogP contribution in [0.15, 0.2) is 18.3 Å². The Morgan fingerprint density at radius 2 is 2.24 bits per heavy atom. The molecule has 116 valence electrons. The summed E-state index contributed by atoms with van der Waals surface area (Å²) in [6.45, 7) is 6.07. The number of Topliss-reactive ketones (excluding diaryl/α,β-unsaturated/α-hetero) is 1. The standard InChI is InChI=1S/C16H23FN2O2/c1-12(15(20)14-5-4-13(17)10-18-14)11-19-8-3-6-16(2,21)7-9-19/h4-5,10,12,21H,3,6-9,11H2,1-2H3. The van der Waals surface area contributed by atoms with Crippen molar-refractivity contribution in [2.75, 3.05) is 19.6 Å². The Morgan fingerprint density at radius 1 is 1.48 bits per heavy atom. The zero-order valence-electron chi connectivity index (χ0n) is 12.7. The van der Waals surface area contributed by atoms with Gasteiger partial charge in [-0.1, -0.05) is 6.92 Å². The molecule has 1 aromatic heterocycles. The summed E-state index contributed by atoms with van der Waals surface area (Å²) in [6.07, 6.45) is 3.53. The van der Waals surface area contributed by atoms with Crippen LogP contribution in [0.2, 0.25) is 0 Å². The molecule has 1 aromatic rings. The SMILES string of the molecule is CC(CN1CCCC(C)(O)CC1)C(=O)c1ccc(F)cn1. The number of hydrogen-bond donors (Lipinski definition) is 1. The third-order valence-electron chi connectivity index (χ3n) is 4.12. The highest BCUT2D eigenvalue weighted by Gasteiger charge is 2.27. The van der Waals surface area contributed by atoms with Gasteiger partial charge in [0.15, 0.2) is 5.78 Å². The van der Waals surface area contributed by atoms with Gasteiger partial charge in [-0.25, -0.2) is 4.39 Å². The lowest BCUT2D eigenvalue weighted by molar-refractivity contribution is 0.0442. The molecule has 2 rings (SSSR count). The zero-order valence-corrected chi connectivity index (χ0v) is 12.7. The Hall–Kier alpha value is -1.33. The van der Waals surface area contributed by atoms with E-state index in [-0.39, 0.29) is 11.7 Å². The number of hydrogen-bond acceptors (Lipinski definition) is 4. The highest BCUT2D eigenvalue weighted by molar-refractivity contribution is 5.95. The minimum atomic E-state index is -0.597. The minimum absolute atomic E-state index is 0.0639. The van der Waals surface area contributed by atoms with Crippen LogP contribution in [0.4, 0.5) is 4.39 Å². The van der Waals surface area contributed by atoms with Gasteiger partial charge in [-0.3, -0.25) is 9.78 Å². The first-order chi connectivity index (χ1) is 9.87.